The lowest BCUT2D eigenvalue weighted by molar-refractivity contribution is -0.384. The average molecular weight is 353 g/mol. The summed E-state index contributed by atoms with van der Waals surface area (Å²) >= 11 is 0. The number of carbonyl (C=O) groups is 1. The lowest BCUT2D eigenvalue weighted by Crippen LogP contribution is -2.48. The van der Waals surface area contributed by atoms with E-state index in [4.69, 9.17) is 0 Å². The number of benzene rings is 2. The summed E-state index contributed by atoms with van der Waals surface area (Å²) in [6.07, 6.45) is 0.287. The molecule has 136 valence electrons. The third-order valence-electron chi connectivity index (χ3n) is 4.88. The SMILES string of the molecule is Cc1ccccc1CN1CCN(C(=O)Cc2ccc([N+](=O)[O-])cc2)CC1. The van der Waals surface area contributed by atoms with Crippen molar-refractivity contribution in [3.63, 3.8) is 0 Å². The van der Waals surface area contributed by atoms with E-state index in [1.807, 2.05) is 11.0 Å². The Balaban J connectivity index is 1.50. The number of amides is 1. The van der Waals surface area contributed by atoms with Crippen LogP contribution in [-0.2, 0) is 17.8 Å². The molecule has 3 rings (SSSR count). The highest BCUT2D eigenvalue weighted by atomic mass is 16.6. The van der Waals surface area contributed by atoms with Crippen LogP contribution in [0.3, 0.4) is 0 Å². The van der Waals surface area contributed by atoms with E-state index < -0.39 is 4.92 Å². The fourth-order valence-electron chi connectivity index (χ4n) is 3.21. The summed E-state index contributed by atoms with van der Waals surface area (Å²) in [7, 11) is 0. The number of piperazine rings is 1. The molecule has 6 nitrogen and oxygen atoms in total. The standard InChI is InChI=1S/C20H23N3O3/c1-16-4-2-3-5-18(16)15-21-10-12-22(13-11-21)20(24)14-17-6-8-19(9-7-17)23(25)26/h2-9H,10-15H2,1H3. The summed E-state index contributed by atoms with van der Waals surface area (Å²) in [5, 5.41) is 10.7. The van der Waals surface area contributed by atoms with Crippen LogP contribution in [-0.4, -0.2) is 46.8 Å². The number of rotatable bonds is 5. The Kier molecular flexibility index (Phi) is 5.63. The predicted octanol–water partition coefficient (Wildman–Crippen LogP) is 2.79. The van der Waals surface area contributed by atoms with E-state index in [2.05, 4.69) is 30.0 Å². The Morgan fingerprint density at radius 2 is 1.69 bits per heavy atom. The second-order valence-corrected chi connectivity index (χ2v) is 6.68. The van der Waals surface area contributed by atoms with Crippen molar-refractivity contribution in [3.05, 3.63) is 75.3 Å². The summed E-state index contributed by atoms with van der Waals surface area (Å²) in [5.74, 6) is 0.0781. The maximum absolute atomic E-state index is 12.5. The molecule has 1 aliphatic rings. The lowest BCUT2D eigenvalue weighted by atomic mass is 10.1. The van der Waals surface area contributed by atoms with Crippen molar-refractivity contribution in [1.82, 2.24) is 9.80 Å². The fraction of sp³-hybridized carbons (Fsp3) is 0.350. The van der Waals surface area contributed by atoms with Gasteiger partial charge < -0.3 is 4.90 Å². The largest absolute Gasteiger partial charge is 0.340 e. The van der Waals surface area contributed by atoms with E-state index in [1.54, 1.807) is 12.1 Å². The number of aryl methyl sites for hydroxylation is 1. The molecule has 0 radical (unpaired) electrons. The van der Waals surface area contributed by atoms with Gasteiger partial charge in [0.05, 0.1) is 11.3 Å². The van der Waals surface area contributed by atoms with Crippen LogP contribution in [0.5, 0.6) is 0 Å². The van der Waals surface area contributed by atoms with E-state index in [1.165, 1.54) is 23.3 Å². The Bertz CT molecular complexity index is 781. The topological polar surface area (TPSA) is 66.7 Å². The van der Waals surface area contributed by atoms with E-state index in [9.17, 15) is 14.9 Å². The molecule has 1 amide bonds. The molecule has 0 aliphatic carbocycles. The first-order valence-electron chi connectivity index (χ1n) is 8.81. The molecule has 1 aliphatic heterocycles. The zero-order valence-electron chi connectivity index (χ0n) is 14.9. The number of hydrogen-bond donors (Lipinski definition) is 0. The number of nitro benzene ring substituents is 1. The molecule has 0 spiro atoms. The smallest absolute Gasteiger partial charge is 0.269 e. The van der Waals surface area contributed by atoms with Gasteiger partial charge in [-0.05, 0) is 23.6 Å². The zero-order chi connectivity index (χ0) is 18.5. The lowest BCUT2D eigenvalue weighted by Gasteiger charge is -2.35. The molecule has 26 heavy (non-hydrogen) atoms. The molecule has 0 atom stereocenters. The molecular formula is C20H23N3O3. The van der Waals surface area contributed by atoms with Gasteiger partial charge in [0, 0.05) is 44.9 Å². The van der Waals surface area contributed by atoms with Gasteiger partial charge in [-0.25, -0.2) is 0 Å². The van der Waals surface area contributed by atoms with Crippen LogP contribution in [0, 0.1) is 17.0 Å². The minimum Gasteiger partial charge on any atom is -0.340 e. The first-order chi connectivity index (χ1) is 12.5. The second kappa shape index (κ2) is 8.10. The van der Waals surface area contributed by atoms with Crippen molar-refractivity contribution in [1.29, 1.82) is 0 Å². The second-order valence-electron chi connectivity index (χ2n) is 6.68. The van der Waals surface area contributed by atoms with Crippen molar-refractivity contribution in [2.45, 2.75) is 19.9 Å². The van der Waals surface area contributed by atoms with E-state index in [0.29, 0.717) is 0 Å². The Hall–Kier alpha value is -2.73. The number of nitrogens with zero attached hydrogens (tertiary/aromatic N) is 3. The van der Waals surface area contributed by atoms with Crippen molar-refractivity contribution in [2.75, 3.05) is 26.2 Å². The summed E-state index contributed by atoms with van der Waals surface area (Å²) in [6, 6.07) is 14.6. The van der Waals surface area contributed by atoms with Crippen LogP contribution in [0.25, 0.3) is 0 Å². The fourth-order valence-corrected chi connectivity index (χ4v) is 3.21. The molecule has 2 aromatic carbocycles. The van der Waals surface area contributed by atoms with Gasteiger partial charge in [-0.1, -0.05) is 36.4 Å². The van der Waals surface area contributed by atoms with Gasteiger partial charge in [0.2, 0.25) is 5.91 Å². The molecule has 0 unspecified atom stereocenters. The van der Waals surface area contributed by atoms with Crippen LogP contribution in [0.15, 0.2) is 48.5 Å². The van der Waals surface area contributed by atoms with Crippen molar-refractivity contribution in [2.24, 2.45) is 0 Å². The van der Waals surface area contributed by atoms with Gasteiger partial charge in [0.25, 0.3) is 5.69 Å². The molecule has 2 aromatic rings. The van der Waals surface area contributed by atoms with E-state index in [0.717, 1.165) is 38.3 Å². The minimum absolute atomic E-state index is 0.0472. The van der Waals surface area contributed by atoms with Gasteiger partial charge in [-0.2, -0.15) is 0 Å². The molecule has 0 saturated carbocycles. The monoisotopic (exact) mass is 353 g/mol. The third-order valence-corrected chi connectivity index (χ3v) is 4.88. The molecule has 0 N–H and O–H groups in total. The summed E-state index contributed by atoms with van der Waals surface area (Å²) in [6.45, 7) is 6.20. The summed E-state index contributed by atoms with van der Waals surface area (Å²) < 4.78 is 0. The average Bonchev–Trinajstić information content (AvgIpc) is 2.64. The normalized spacial score (nSPS) is 15.0. The minimum atomic E-state index is -0.431. The molecule has 0 bridgehead atoms. The first kappa shape index (κ1) is 18.1. The number of hydrogen-bond acceptors (Lipinski definition) is 4. The van der Waals surface area contributed by atoms with E-state index in [-0.39, 0.29) is 18.0 Å². The number of carbonyl (C=O) groups excluding carboxylic acids is 1. The Morgan fingerprint density at radius 3 is 2.31 bits per heavy atom. The highest BCUT2D eigenvalue weighted by Crippen LogP contribution is 2.15. The molecule has 1 saturated heterocycles. The Labute approximate surface area is 153 Å². The zero-order valence-corrected chi connectivity index (χ0v) is 14.9. The van der Waals surface area contributed by atoms with E-state index >= 15 is 0 Å². The van der Waals surface area contributed by atoms with Crippen LogP contribution in [0.2, 0.25) is 0 Å². The van der Waals surface area contributed by atoms with Crippen molar-refractivity contribution in [3.8, 4) is 0 Å². The molecule has 0 aromatic heterocycles. The van der Waals surface area contributed by atoms with Gasteiger partial charge in [0.15, 0.2) is 0 Å². The molecule has 1 heterocycles. The molecule has 1 fully saturated rings. The summed E-state index contributed by atoms with van der Waals surface area (Å²) in [5.41, 5.74) is 3.48. The highest BCUT2D eigenvalue weighted by Gasteiger charge is 2.21. The van der Waals surface area contributed by atoms with Crippen LogP contribution in [0.4, 0.5) is 5.69 Å². The maximum atomic E-state index is 12.5. The van der Waals surface area contributed by atoms with Crippen LogP contribution >= 0.6 is 0 Å². The van der Waals surface area contributed by atoms with Crippen molar-refractivity contribution >= 4 is 11.6 Å². The van der Waals surface area contributed by atoms with Gasteiger partial charge in [-0.15, -0.1) is 0 Å². The Morgan fingerprint density at radius 1 is 1.04 bits per heavy atom. The van der Waals surface area contributed by atoms with Crippen LogP contribution in [0.1, 0.15) is 16.7 Å². The highest BCUT2D eigenvalue weighted by molar-refractivity contribution is 5.79. The van der Waals surface area contributed by atoms with Crippen molar-refractivity contribution < 1.29 is 9.72 Å². The quantitative estimate of drug-likeness (QED) is 0.612. The number of non-ortho nitro benzene ring substituents is 1. The van der Waals surface area contributed by atoms with Gasteiger partial charge >= 0.3 is 0 Å². The molecule has 6 heteroatoms. The van der Waals surface area contributed by atoms with Crippen LogP contribution < -0.4 is 0 Å². The van der Waals surface area contributed by atoms with Gasteiger partial charge in [0.1, 0.15) is 0 Å². The van der Waals surface area contributed by atoms with Gasteiger partial charge in [-0.3, -0.25) is 19.8 Å². The first-order valence-corrected chi connectivity index (χ1v) is 8.81. The number of nitro groups is 1. The summed E-state index contributed by atoms with van der Waals surface area (Å²) in [4.78, 5) is 27.0. The molecular weight excluding hydrogens is 330 g/mol. The maximum Gasteiger partial charge on any atom is 0.269 e. The third kappa shape index (κ3) is 4.46. The predicted molar refractivity (Wildman–Crippen MR) is 99.8 cm³/mol.